The molecule has 0 unspecified atom stereocenters. The summed E-state index contributed by atoms with van der Waals surface area (Å²) in [7, 11) is 0. The summed E-state index contributed by atoms with van der Waals surface area (Å²) in [5, 5.41) is 3.48. The van der Waals surface area contributed by atoms with Crippen molar-refractivity contribution >= 4 is 0 Å². The highest BCUT2D eigenvalue weighted by molar-refractivity contribution is 4.65. The zero-order chi connectivity index (χ0) is 14.0. The fourth-order valence-electron chi connectivity index (χ4n) is 2.21. The van der Waals surface area contributed by atoms with Gasteiger partial charge in [0.05, 0.1) is 0 Å². The van der Waals surface area contributed by atoms with E-state index in [1.54, 1.807) is 0 Å². The minimum absolute atomic E-state index is 0.632. The zero-order valence-electron chi connectivity index (χ0n) is 13.6. The van der Waals surface area contributed by atoms with Gasteiger partial charge in [-0.05, 0) is 45.7 Å². The Kier molecular flexibility index (Phi) is 10.8. The highest BCUT2D eigenvalue weighted by Gasteiger charge is 2.10. The summed E-state index contributed by atoms with van der Waals surface area (Å²) in [4.78, 5) is 2.62. The number of rotatable bonds is 11. The maximum atomic E-state index is 3.48. The summed E-state index contributed by atoms with van der Waals surface area (Å²) in [5.41, 5.74) is 0. The molecule has 0 saturated carbocycles. The van der Waals surface area contributed by atoms with E-state index in [-0.39, 0.29) is 0 Å². The molecule has 2 nitrogen and oxygen atoms in total. The quantitative estimate of drug-likeness (QED) is 0.564. The first-order valence-corrected chi connectivity index (χ1v) is 7.91. The standard InChI is InChI=1S/C16H36N2/c1-14(2)13-18(16(5)6)12-10-8-7-9-11-17-15(3)4/h14-17H,7-13H2,1-6H3. The Labute approximate surface area is 116 Å². The second kappa shape index (κ2) is 10.8. The van der Waals surface area contributed by atoms with Crippen LogP contribution in [0, 0.1) is 5.92 Å². The van der Waals surface area contributed by atoms with Gasteiger partial charge in [0.15, 0.2) is 0 Å². The van der Waals surface area contributed by atoms with E-state index in [2.05, 4.69) is 51.8 Å². The average molecular weight is 256 g/mol. The predicted octanol–water partition coefficient (Wildman–Crippen LogP) is 3.91. The number of nitrogens with one attached hydrogen (secondary N) is 1. The number of nitrogens with zero attached hydrogens (tertiary/aromatic N) is 1. The van der Waals surface area contributed by atoms with Crippen LogP contribution < -0.4 is 5.32 Å². The molecule has 0 atom stereocenters. The van der Waals surface area contributed by atoms with Crippen LogP contribution >= 0.6 is 0 Å². The van der Waals surface area contributed by atoms with E-state index in [9.17, 15) is 0 Å². The van der Waals surface area contributed by atoms with E-state index in [0.717, 1.165) is 5.92 Å². The van der Waals surface area contributed by atoms with Gasteiger partial charge >= 0.3 is 0 Å². The topological polar surface area (TPSA) is 15.3 Å². The van der Waals surface area contributed by atoms with Gasteiger partial charge in [-0.3, -0.25) is 0 Å². The first-order valence-electron chi connectivity index (χ1n) is 7.91. The summed E-state index contributed by atoms with van der Waals surface area (Å²) in [6.07, 6.45) is 5.42. The van der Waals surface area contributed by atoms with Crippen molar-refractivity contribution in [3.8, 4) is 0 Å². The molecular formula is C16H36N2. The molecule has 0 aromatic heterocycles. The van der Waals surface area contributed by atoms with E-state index < -0.39 is 0 Å². The van der Waals surface area contributed by atoms with Crippen LogP contribution in [0.15, 0.2) is 0 Å². The highest BCUT2D eigenvalue weighted by atomic mass is 15.1. The van der Waals surface area contributed by atoms with Crippen LogP contribution in [0.1, 0.15) is 67.2 Å². The van der Waals surface area contributed by atoms with Crippen molar-refractivity contribution in [1.82, 2.24) is 10.2 Å². The van der Waals surface area contributed by atoms with Crippen molar-refractivity contribution < 1.29 is 0 Å². The third-order valence-electron chi connectivity index (χ3n) is 3.25. The van der Waals surface area contributed by atoms with Crippen LogP contribution in [0.2, 0.25) is 0 Å². The molecule has 18 heavy (non-hydrogen) atoms. The number of hydrogen-bond donors (Lipinski definition) is 1. The van der Waals surface area contributed by atoms with Crippen LogP contribution in [0.3, 0.4) is 0 Å². The Morgan fingerprint density at radius 1 is 0.833 bits per heavy atom. The molecule has 0 aromatic carbocycles. The van der Waals surface area contributed by atoms with Crippen molar-refractivity contribution in [2.45, 2.75) is 79.3 Å². The molecule has 0 fully saturated rings. The van der Waals surface area contributed by atoms with E-state index in [1.165, 1.54) is 45.3 Å². The minimum atomic E-state index is 0.632. The van der Waals surface area contributed by atoms with Crippen molar-refractivity contribution in [3.05, 3.63) is 0 Å². The van der Waals surface area contributed by atoms with Crippen molar-refractivity contribution in [1.29, 1.82) is 0 Å². The Morgan fingerprint density at radius 3 is 1.94 bits per heavy atom. The van der Waals surface area contributed by atoms with Gasteiger partial charge in [-0.1, -0.05) is 40.5 Å². The first kappa shape index (κ1) is 17.9. The Balaban J connectivity index is 3.49. The first-order chi connectivity index (χ1) is 8.43. The normalized spacial score (nSPS) is 12.3. The molecule has 0 aliphatic rings. The molecular weight excluding hydrogens is 220 g/mol. The van der Waals surface area contributed by atoms with Crippen LogP contribution in [0.25, 0.3) is 0 Å². The van der Waals surface area contributed by atoms with E-state index in [0.29, 0.717) is 12.1 Å². The van der Waals surface area contributed by atoms with Gasteiger partial charge in [-0.15, -0.1) is 0 Å². The molecule has 0 amide bonds. The SMILES string of the molecule is CC(C)CN(CCCCCCNC(C)C)C(C)C. The third-order valence-corrected chi connectivity index (χ3v) is 3.25. The van der Waals surface area contributed by atoms with Gasteiger partial charge in [-0.2, -0.15) is 0 Å². The summed E-state index contributed by atoms with van der Waals surface area (Å²) in [6, 6.07) is 1.32. The summed E-state index contributed by atoms with van der Waals surface area (Å²) >= 11 is 0. The molecule has 0 aromatic rings. The van der Waals surface area contributed by atoms with Crippen LogP contribution in [-0.4, -0.2) is 36.6 Å². The van der Waals surface area contributed by atoms with Crippen molar-refractivity contribution in [3.63, 3.8) is 0 Å². The van der Waals surface area contributed by atoms with Crippen molar-refractivity contribution in [2.75, 3.05) is 19.6 Å². The van der Waals surface area contributed by atoms with E-state index in [1.807, 2.05) is 0 Å². The average Bonchev–Trinajstić information content (AvgIpc) is 2.25. The zero-order valence-corrected chi connectivity index (χ0v) is 13.6. The summed E-state index contributed by atoms with van der Waals surface area (Å²) in [5.74, 6) is 0.780. The molecule has 2 heteroatoms. The molecule has 0 spiro atoms. The number of unbranched alkanes of at least 4 members (excludes halogenated alkanes) is 3. The van der Waals surface area contributed by atoms with Gasteiger partial charge in [0.2, 0.25) is 0 Å². The molecule has 0 saturated heterocycles. The lowest BCUT2D eigenvalue weighted by atomic mass is 10.1. The number of hydrogen-bond acceptors (Lipinski definition) is 2. The molecule has 1 N–H and O–H groups in total. The van der Waals surface area contributed by atoms with Gasteiger partial charge < -0.3 is 10.2 Å². The maximum absolute atomic E-state index is 3.48. The molecule has 0 radical (unpaired) electrons. The highest BCUT2D eigenvalue weighted by Crippen LogP contribution is 2.08. The lowest BCUT2D eigenvalue weighted by Gasteiger charge is -2.28. The largest absolute Gasteiger partial charge is 0.315 e. The summed E-state index contributed by atoms with van der Waals surface area (Å²) in [6.45, 7) is 17.4. The van der Waals surface area contributed by atoms with Crippen LogP contribution in [0.5, 0.6) is 0 Å². The van der Waals surface area contributed by atoms with Gasteiger partial charge in [0.25, 0.3) is 0 Å². The van der Waals surface area contributed by atoms with Crippen LogP contribution in [0.4, 0.5) is 0 Å². The fraction of sp³-hybridized carbons (Fsp3) is 1.00. The smallest absolute Gasteiger partial charge is 0.00387 e. The predicted molar refractivity (Wildman–Crippen MR) is 83.2 cm³/mol. The molecule has 0 rings (SSSR count). The third kappa shape index (κ3) is 11.0. The van der Waals surface area contributed by atoms with Crippen LogP contribution in [-0.2, 0) is 0 Å². The molecule has 0 aliphatic heterocycles. The Bertz CT molecular complexity index is 176. The molecule has 0 heterocycles. The lowest BCUT2D eigenvalue weighted by Crippen LogP contribution is -2.35. The molecule has 0 aliphatic carbocycles. The minimum Gasteiger partial charge on any atom is -0.315 e. The second-order valence-electron chi connectivity index (χ2n) is 6.51. The van der Waals surface area contributed by atoms with Crippen molar-refractivity contribution in [2.24, 2.45) is 5.92 Å². The molecule has 110 valence electrons. The van der Waals surface area contributed by atoms with Gasteiger partial charge in [0, 0.05) is 18.6 Å². The monoisotopic (exact) mass is 256 g/mol. The summed E-state index contributed by atoms with van der Waals surface area (Å²) < 4.78 is 0. The Morgan fingerprint density at radius 2 is 1.44 bits per heavy atom. The van der Waals surface area contributed by atoms with Gasteiger partial charge in [0.1, 0.15) is 0 Å². The van der Waals surface area contributed by atoms with Gasteiger partial charge in [-0.25, -0.2) is 0 Å². The lowest BCUT2D eigenvalue weighted by molar-refractivity contribution is 0.193. The second-order valence-corrected chi connectivity index (χ2v) is 6.51. The fourth-order valence-corrected chi connectivity index (χ4v) is 2.21. The Hall–Kier alpha value is -0.0800. The maximum Gasteiger partial charge on any atom is 0.00387 e. The van der Waals surface area contributed by atoms with E-state index in [4.69, 9.17) is 0 Å². The van der Waals surface area contributed by atoms with E-state index >= 15 is 0 Å². The molecule has 0 bridgehead atoms.